The Kier molecular flexibility index (Phi) is 3.26. The zero-order chi connectivity index (χ0) is 16.0. The van der Waals surface area contributed by atoms with Crippen LogP contribution in [-0.4, -0.2) is 40.7 Å². The van der Waals surface area contributed by atoms with Crippen molar-refractivity contribution < 1.29 is 13.9 Å². The molecule has 2 N–H and O–H groups in total. The van der Waals surface area contributed by atoms with Crippen LogP contribution in [-0.2, 0) is 4.74 Å². The van der Waals surface area contributed by atoms with E-state index in [4.69, 9.17) is 9.15 Å². The fourth-order valence-corrected chi connectivity index (χ4v) is 2.65. The van der Waals surface area contributed by atoms with Gasteiger partial charge in [-0.05, 0) is 33.1 Å². The number of anilines is 1. The molecule has 122 valence electrons. The molecule has 1 aliphatic carbocycles. The first-order valence-electron chi connectivity index (χ1n) is 7.98. The van der Waals surface area contributed by atoms with Gasteiger partial charge >= 0.3 is 0 Å². The molecule has 3 heterocycles. The SMILES string of the molecule is Cc1nc(NC2(C)CC2)c2c(C(=O)NCC3CCO3)coc2n1. The van der Waals surface area contributed by atoms with Crippen molar-refractivity contribution in [3.63, 3.8) is 0 Å². The smallest absolute Gasteiger partial charge is 0.255 e. The molecule has 1 saturated carbocycles. The van der Waals surface area contributed by atoms with Crippen molar-refractivity contribution in [2.24, 2.45) is 0 Å². The van der Waals surface area contributed by atoms with Gasteiger partial charge in [-0.3, -0.25) is 4.79 Å². The van der Waals surface area contributed by atoms with E-state index >= 15 is 0 Å². The molecule has 1 saturated heterocycles. The molecular weight excluding hydrogens is 296 g/mol. The predicted octanol–water partition coefficient (Wildman–Crippen LogP) is 2.01. The van der Waals surface area contributed by atoms with Crippen LogP contribution in [0.15, 0.2) is 10.7 Å². The lowest BCUT2D eigenvalue weighted by molar-refractivity contribution is -0.0472. The molecule has 2 fully saturated rings. The Morgan fingerprint density at radius 3 is 2.87 bits per heavy atom. The van der Waals surface area contributed by atoms with Gasteiger partial charge in [0.15, 0.2) is 0 Å². The van der Waals surface area contributed by atoms with Gasteiger partial charge < -0.3 is 19.8 Å². The van der Waals surface area contributed by atoms with E-state index < -0.39 is 0 Å². The molecule has 23 heavy (non-hydrogen) atoms. The highest BCUT2D eigenvalue weighted by atomic mass is 16.5. The molecule has 4 rings (SSSR count). The van der Waals surface area contributed by atoms with Gasteiger partial charge in [0.1, 0.15) is 17.9 Å². The molecule has 2 aromatic rings. The summed E-state index contributed by atoms with van der Waals surface area (Å²) in [5.74, 6) is 1.11. The van der Waals surface area contributed by atoms with E-state index in [0.717, 1.165) is 25.9 Å². The van der Waals surface area contributed by atoms with Crippen LogP contribution in [0, 0.1) is 6.92 Å². The van der Waals surface area contributed by atoms with Crippen LogP contribution in [0.1, 0.15) is 42.4 Å². The van der Waals surface area contributed by atoms with Gasteiger partial charge in [0.25, 0.3) is 5.91 Å². The van der Waals surface area contributed by atoms with Gasteiger partial charge in [0.2, 0.25) is 5.71 Å². The highest BCUT2D eigenvalue weighted by Gasteiger charge is 2.38. The second-order valence-corrected chi connectivity index (χ2v) is 6.63. The van der Waals surface area contributed by atoms with Crippen LogP contribution >= 0.6 is 0 Å². The minimum Gasteiger partial charge on any atom is -0.445 e. The number of furan rings is 1. The number of nitrogens with zero attached hydrogens (tertiary/aromatic N) is 2. The fraction of sp³-hybridized carbons (Fsp3) is 0.562. The molecule has 0 aromatic carbocycles. The number of aryl methyl sites for hydroxylation is 1. The maximum atomic E-state index is 12.5. The van der Waals surface area contributed by atoms with Crippen molar-refractivity contribution >= 4 is 22.8 Å². The largest absolute Gasteiger partial charge is 0.445 e. The van der Waals surface area contributed by atoms with Crippen LogP contribution in [0.4, 0.5) is 5.82 Å². The summed E-state index contributed by atoms with van der Waals surface area (Å²) in [4.78, 5) is 21.2. The average molecular weight is 316 g/mol. The van der Waals surface area contributed by atoms with E-state index in [0.29, 0.717) is 34.9 Å². The first-order chi connectivity index (χ1) is 11.0. The lowest BCUT2D eigenvalue weighted by Gasteiger charge is -2.26. The molecule has 0 bridgehead atoms. The first kappa shape index (κ1) is 14.4. The number of ether oxygens (including phenoxy) is 1. The highest BCUT2D eigenvalue weighted by molar-refractivity contribution is 6.09. The van der Waals surface area contributed by atoms with Gasteiger partial charge in [-0.25, -0.2) is 4.98 Å². The average Bonchev–Trinajstić information content (AvgIpc) is 3.01. The Hall–Kier alpha value is -2.15. The number of hydrogen-bond acceptors (Lipinski definition) is 6. The number of fused-ring (bicyclic) bond motifs is 1. The summed E-state index contributed by atoms with van der Waals surface area (Å²) >= 11 is 0. The van der Waals surface area contributed by atoms with Crippen LogP contribution < -0.4 is 10.6 Å². The molecule has 1 atom stereocenters. The minimum atomic E-state index is -0.185. The summed E-state index contributed by atoms with van der Waals surface area (Å²) in [7, 11) is 0. The van der Waals surface area contributed by atoms with Crippen LogP contribution in [0.2, 0.25) is 0 Å². The van der Waals surface area contributed by atoms with Crippen molar-refractivity contribution in [1.29, 1.82) is 0 Å². The minimum absolute atomic E-state index is 0.0541. The van der Waals surface area contributed by atoms with Gasteiger partial charge in [-0.1, -0.05) is 0 Å². The standard InChI is InChI=1S/C16H20N4O3/c1-9-18-13(20-16(2)4-5-16)12-11(8-23-15(12)19-9)14(21)17-7-10-3-6-22-10/h8,10H,3-7H2,1-2H3,(H,17,21)(H,18,19,20). The van der Waals surface area contributed by atoms with Crippen molar-refractivity contribution in [1.82, 2.24) is 15.3 Å². The van der Waals surface area contributed by atoms with E-state index in [2.05, 4.69) is 27.5 Å². The first-order valence-corrected chi connectivity index (χ1v) is 7.98. The summed E-state index contributed by atoms with van der Waals surface area (Å²) in [5.41, 5.74) is 0.957. The van der Waals surface area contributed by atoms with Crippen molar-refractivity contribution in [2.45, 2.75) is 44.8 Å². The quantitative estimate of drug-likeness (QED) is 0.877. The summed E-state index contributed by atoms with van der Waals surface area (Å²) in [6, 6.07) is 0. The summed E-state index contributed by atoms with van der Waals surface area (Å²) in [5, 5.41) is 6.97. The zero-order valence-corrected chi connectivity index (χ0v) is 13.3. The van der Waals surface area contributed by atoms with E-state index in [9.17, 15) is 4.79 Å². The van der Waals surface area contributed by atoms with Gasteiger partial charge in [0.05, 0.1) is 17.1 Å². The third-order valence-corrected chi connectivity index (χ3v) is 4.49. The third-order valence-electron chi connectivity index (χ3n) is 4.49. The second-order valence-electron chi connectivity index (χ2n) is 6.63. The number of aromatic nitrogens is 2. The van der Waals surface area contributed by atoms with Gasteiger partial charge in [-0.15, -0.1) is 0 Å². The number of rotatable bonds is 5. The monoisotopic (exact) mass is 316 g/mol. The maximum absolute atomic E-state index is 12.5. The lowest BCUT2D eigenvalue weighted by atomic mass is 10.1. The van der Waals surface area contributed by atoms with Gasteiger partial charge in [0, 0.05) is 18.7 Å². The van der Waals surface area contributed by atoms with E-state index in [1.165, 1.54) is 6.26 Å². The van der Waals surface area contributed by atoms with E-state index in [1.54, 1.807) is 0 Å². The Labute approximate surface area is 133 Å². The Morgan fingerprint density at radius 2 is 2.22 bits per heavy atom. The molecule has 7 heteroatoms. The van der Waals surface area contributed by atoms with Crippen LogP contribution in [0.5, 0.6) is 0 Å². The van der Waals surface area contributed by atoms with E-state index in [1.807, 2.05) is 6.92 Å². The molecule has 2 aromatic heterocycles. The Morgan fingerprint density at radius 1 is 1.43 bits per heavy atom. The number of hydrogen-bond donors (Lipinski definition) is 2. The fourth-order valence-electron chi connectivity index (χ4n) is 2.65. The van der Waals surface area contributed by atoms with Crippen molar-refractivity contribution in [2.75, 3.05) is 18.5 Å². The Bertz CT molecular complexity index is 762. The maximum Gasteiger partial charge on any atom is 0.255 e. The zero-order valence-electron chi connectivity index (χ0n) is 13.3. The lowest BCUT2D eigenvalue weighted by Crippen LogP contribution is -2.39. The highest BCUT2D eigenvalue weighted by Crippen LogP contribution is 2.39. The molecule has 0 radical (unpaired) electrons. The number of carbonyl (C=O) groups excluding carboxylic acids is 1. The number of carbonyl (C=O) groups is 1. The van der Waals surface area contributed by atoms with Crippen molar-refractivity contribution in [3.8, 4) is 0 Å². The molecular formula is C16H20N4O3. The van der Waals surface area contributed by atoms with Gasteiger partial charge in [-0.2, -0.15) is 4.98 Å². The molecule has 1 aliphatic heterocycles. The molecule has 1 amide bonds. The van der Waals surface area contributed by atoms with Crippen LogP contribution in [0.25, 0.3) is 11.1 Å². The summed E-state index contributed by atoms with van der Waals surface area (Å²) in [6.07, 6.45) is 4.75. The normalized spacial score (nSPS) is 21.7. The third kappa shape index (κ3) is 2.76. The topological polar surface area (TPSA) is 89.3 Å². The molecule has 1 unspecified atom stereocenters. The molecule has 0 spiro atoms. The predicted molar refractivity (Wildman–Crippen MR) is 84.5 cm³/mol. The molecule has 2 aliphatic rings. The molecule has 7 nitrogen and oxygen atoms in total. The second kappa shape index (κ2) is 5.19. The summed E-state index contributed by atoms with van der Waals surface area (Å²) < 4.78 is 10.8. The number of nitrogens with one attached hydrogen (secondary N) is 2. The summed E-state index contributed by atoms with van der Waals surface area (Å²) in [6.45, 7) is 5.24. The van der Waals surface area contributed by atoms with Crippen LogP contribution in [0.3, 0.4) is 0 Å². The van der Waals surface area contributed by atoms with Crippen molar-refractivity contribution in [3.05, 3.63) is 17.7 Å². The number of amides is 1. The van der Waals surface area contributed by atoms with E-state index in [-0.39, 0.29) is 17.6 Å². The Balaban J connectivity index is 1.64.